The van der Waals surface area contributed by atoms with Gasteiger partial charge in [0, 0.05) is 17.8 Å². The molecule has 0 amide bonds. The topological polar surface area (TPSA) is 34.1 Å². The molecule has 0 aliphatic heterocycles. The van der Waals surface area contributed by atoms with Gasteiger partial charge in [-0.3, -0.25) is 4.79 Å². The Morgan fingerprint density at radius 1 is 1.42 bits per heavy atom. The second-order valence-corrected chi connectivity index (χ2v) is 4.33. The largest absolute Gasteiger partial charge is 0.303 e. The van der Waals surface area contributed by atoms with Crippen molar-refractivity contribution in [3.63, 3.8) is 0 Å². The van der Waals surface area contributed by atoms with E-state index >= 15 is 0 Å². The van der Waals surface area contributed by atoms with E-state index in [2.05, 4.69) is 0 Å². The Hall–Kier alpha value is -0.660. The lowest BCUT2D eigenvalue weighted by atomic mass is 9.87. The molecule has 0 fully saturated rings. The summed E-state index contributed by atoms with van der Waals surface area (Å²) in [4.78, 5) is 21.6. The fraction of sp³-hybridized carbons (Fsp3) is 0.800. The van der Waals surface area contributed by atoms with Crippen LogP contribution < -0.4 is 0 Å². The Labute approximate surface area is 74.3 Å². The summed E-state index contributed by atoms with van der Waals surface area (Å²) in [5.41, 5.74) is -0.261. The smallest absolute Gasteiger partial charge is 0.138 e. The lowest BCUT2D eigenvalue weighted by Crippen LogP contribution is -2.20. The van der Waals surface area contributed by atoms with E-state index in [1.165, 1.54) is 0 Å². The molecule has 0 N–H and O–H groups in total. The maximum absolute atomic E-state index is 11.4. The predicted molar refractivity (Wildman–Crippen MR) is 48.9 cm³/mol. The van der Waals surface area contributed by atoms with E-state index in [0.717, 1.165) is 6.29 Å². The molecule has 12 heavy (non-hydrogen) atoms. The first kappa shape index (κ1) is 11.3. The van der Waals surface area contributed by atoms with Gasteiger partial charge in [-0.05, 0) is 6.42 Å². The minimum absolute atomic E-state index is 0.0105. The van der Waals surface area contributed by atoms with Gasteiger partial charge in [-0.2, -0.15) is 0 Å². The van der Waals surface area contributed by atoms with Gasteiger partial charge < -0.3 is 4.79 Å². The number of aldehydes is 1. The Balaban J connectivity index is 3.80. The van der Waals surface area contributed by atoms with E-state index in [1.807, 2.05) is 27.7 Å². The molecule has 2 heteroatoms. The molecule has 0 heterocycles. The number of Topliss-reactive ketones (excluding diaryl/α,β-unsaturated/α-hetero) is 1. The van der Waals surface area contributed by atoms with E-state index < -0.39 is 0 Å². The van der Waals surface area contributed by atoms with Crippen LogP contribution in [-0.2, 0) is 9.59 Å². The van der Waals surface area contributed by atoms with Gasteiger partial charge in [-0.25, -0.2) is 0 Å². The van der Waals surface area contributed by atoms with Gasteiger partial charge >= 0.3 is 0 Å². The Bertz CT molecular complexity index is 165. The molecular weight excluding hydrogens is 152 g/mol. The summed E-state index contributed by atoms with van der Waals surface area (Å²) in [7, 11) is 0. The van der Waals surface area contributed by atoms with Gasteiger partial charge in [0.05, 0.1) is 0 Å². The normalized spacial score (nSPS) is 14.0. The van der Waals surface area contributed by atoms with Crippen LogP contribution >= 0.6 is 0 Å². The van der Waals surface area contributed by atoms with Crippen molar-refractivity contribution < 1.29 is 9.59 Å². The molecule has 0 aliphatic rings. The summed E-state index contributed by atoms with van der Waals surface area (Å²) in [6, 6.07) is 0. The van der Waals surface area contributed by atoms with Crippen molar-refractivity contribution in [1.82, 2.24) is 0 Å². The zero-order valence-corrected chi connectivity index (χ0v) is 8.39. The number of carbonyl (C=O) groups excluding carboxylic acids is 2. The average Bonchev–Trinajstić information content (AvgIpc) is 1.97. The molecule has 0 spiro atoms. The highest BCUT2D eigenvalue weighted by molar-refractivity contribution is 5.83. The maximum Gasteiger partial charge on any atom is 0.138 e. The number of carbonyl (C=O) groups is 2. The molecule has 1 atom stereocenters. The summed E-state index contributed by atoms with van der Waals surface area (Å²) in [5.74, 6) is 0.243. The van der Waals surface area contributed by atoms with Crippen molar-refractivity contribution >= 4 is 12.1 Å². The first-order valence-corrected chi connectivity index (χ1v) is 4.36. The van der Waals surface area contributed by atoms with Crippen molar-refractivity contribution in [3.8, 4) is 0 Å². The van der Waals surface area contributed by atoms with Gasteiger partial charge in [0.25, 0.3) is 0 Å². The molecule has 0 bridgehead atoms. The van der Waals surface area contributed by atoms with Gasteiger partial charge in [0.15, 0.2) is 0 Å². The molecule has 0 saturated carbocycles. The zero-order chi connectivity index (χ0) is 9.78. The van der Waals surface area contributed by atoms with Gasteiger partial charge in [0.2, 0.25) is 0 Å². The minimum Gasteiger partial charge on any atom is -0.303 e. The highest BCUT2D eigenvalue weighted by Crippen LogP contribution is 2.18. The fourth-order valence-corrected chi connectivity index (χ4v) is 0.802. The summed E-state index contributed by atoms with van der Waals surface area (Å²) in [6.07, 6.45) is 2.10. The summed E-state index contributed by atoms with van der Waals surface area (Å²) >= 11 is 0. The van der Waals surface area contributed by atoms with E-state index in [1.54, 1.807) is 0 Å². The van der Waals surface area contributed by atoms with Crippen LogP contribution in [0.15, 0.2) is 0 Å². The monoisotopic (exact) mass is 170 g/mol. The third-order valence-electron chi connectivity index (χ3n) is 1.90. The van der Waals surface area contributed by atoms with Crippen molar-refractivity contribution in [2.45, 2.75) is 40.5 Å². The molecule has 0 aliphatic carbocycles. The van der Waals surface area contributed by atoms with Gasteiger partial charge in [-0.15, -0.1) is 0 Å². The SMILES string of the molecule is CC(C=O)CCC(=O)C(C)(C)C. The van der Waals surface area contributed by atoms with E-state index in [-0.39, 0.29) is 17.1 Å². The van der Waals surface area contributed by atoms with Crippen LogP contribution in [0, 0.1) is 11.3 Å². The maximum atomic E-state index is 11.4. The van der Waals surface area contributed by atoms with Crippen LogP contribution in [0.3, 0.4) is 0 Å². The van der Waals surface area contributed by atoms with Crippen molar-refractivity contribution in [2.75, 3.05) is 0 Å². The summed E-state index contributed by atoms with van der Waals surface area (Å²) in [6.45, 7) is 7.55. The lowest BCUT2D eigenvalue weighted by Gasteiger charge is -2.16. The van der Waals surface area contributed by atoms with Crippen molar-refractivity contribution in [2.24, 2.45) is 11.3 Å². The Morgan fingerprint density at radius 2 is 1.92 bits per heavy atom. The van der Waals surface area contributed by atoms with Crippen LogP contribution in [-0.4, -0.2) is 12.1 Å². The summed E-state index contributed by atoms with van der Waals surface area (Å²) < 4.78 is 0. The minimum atomic E-state index is -0.261. The quantitative estimate of drug-likeness (QED) is 0.606. The predicted octanol–water partition coefficient (Wildman–Crippen LogP) is 2.22. The third kappa shape index (κ3) is 4.27. The van der Waals surface area contributed by atoms with Gasteiger partial charge in [0.1, 0.15) is 12.1 Å². The molecule has 1 unspecified atom stereocenters. The number of hydrogen-bond acceptors (Lipinski definition) is 2. The molecule has 0 radical (unpaired) electrons. The van der Waals surface area contributed by atoms with Crippen molar-refractivity contribution in [3.05, 3.63) is 0 Å². The highest BCUT2D eigenvalue weighted by Gasteiger charge is 2.20. The van der Waals surface area contributed by atoms with E-state index in [4.69, 9.17) is 0 Å². The van der Waals surface area contributed by atoms with Gasteiger partial charge in [-0.1, -0.05) is 27.7 Å². The Kier molecular flexibility index (Phi) is 4.15. The van der Waals surface area contributed by atoms with Crippen LogP contribution in [0.4, 0.5) is 0 Å². The van der Waals surface area contributed by atoms with Crippen LogP contribution in [0.2, 0.25) is 0 Å². The first-order valence-electron chi connectivity index (χ1n) is 4.36. The number of rotatable bonds is 4. The second kappa shape index (κ2) is 4.39. The molecule has 0 rings (SSSR count). The molecule has 0 aromatic rings. The molecular formula is C10H18O2. The molecule has 0 aromatic heterocycles. The molecule has 70 valence electrons. The van der Waals surface area contributed by atoms with E-state index in [0.29, 0.717) is 12.8 Å². The first-order chi connectivity index (χ1) is 5.38. The lowest BCUT2D eigenvalue weighted by molar-refractivity contribution is -0.126. The van der Waals surface area contributed by atoms with Crippen molar-refractivity contribution in [1.29, 1.82) is 0 Å². The fourth-order valence-electron chi connectivity index (χ4n) is 0.802. The van der Waals surface area contributed by atoms with E-state index in [9.17, 15) is 9.59 Å². The summed E-state index contributed by atoms with van der Waals surface area (Å²) in [5, 5.41) is 0. The standard InChI is InChI=1S/C10H18O2/c1-8(7-11)5-6-9(12)10(2,3)4/h7-8H,5-6H2,1-4H3. The second-order valence-electron chi connectivity index (χ2n) is 4.33. The zero-order valence-electron chi connectivity index (χ0n) is 8.39. The Morgan fingerprint density at radius 3 is 2.25 bits per heavy atom. The molecule has 0 saturated heterocycles. The number of ketones is 1. The number of hydrogen-bond donors (Lipinski definition) is 0. The third-order valence-corrected chi connectivity index (χ3v) is 1.90. The molecule has 0 aromatic carbocycles. The average molecular weight is 170 g/mol. The molecule has 2 nitrogen and oxygen atoms in total. The van der Waals surface area contributed by atoms with Crippen LogP contribution in [0.25, 0.3) is 0 Å². The van der Waals surface area contributed by atoms with Crippen LogP contribution in [0.1, 0.15) is 40.5 Å². The van der Waals surface area contributed by atoms with Crippen LogP contribution in [0.5, 0.6) is 0 Å². The highest BCUT2D eigenvalue weighted by atomic mass is 16.1.